The van der Waals surface area contributed by atoms with E-state index in [2.05, 4.69) is 11.9 Å². The van der Waals surface area contributed by atoms with Gasteiger partial charge in [0, 0.05) is 5.92 Å². The highest BCUT2D eigenvalue weighted by Crippen LogP contribution is 2.31. The summed E-state index contributed by atoms with van der Waals surface area (Å²) in [7, 11) is 0. The Bertz CT molecular complexity index is 369. The lowest BCUT2D eigenvalue weighted by molar-refractivity contribution is 0.0604. The first-order valence-corrected chi connectivity index (χ1v) is 7.00. The lowest BCUT2D eigenvalue weighted by atomic mass is 9.98. The van der Waals surface area contributed by atoms with E-state index in [0.717, 1.165) is 23.5 Å². The lowest BCUT2D eigenvalue weighted by Crippen LogP contribution is -2.24. The Hall–Kier alpha value is -0.810. The average molecular weight is 271 g/mol. The first-order chi connectivity index (χ1) is 8.35. The molecule has 0 aromatic rings. The molecule has 0 aromatic heterocycles. The maximum absolute atomic E-state index is 11.6. The van der Waals surface area contributed by atoms with Gasteiger partial charge in [-0.25, -0.2) is 4.79 Å². The first-order valence-electron chi connectivity index (χ1n) is 6.12. The molecule has 0 bridgehead atoms. The van der Waals surface area contributed by atoms with Gasteiger partial charge in [0.15, 0.2) is 0 Å². The lowest BCUT2D eigenvalue weighted by Gasteiger charge is -2.23. The minimum Gasteiger partial charge on any atom is -0.442 e. The van der Waals surface area contributed by atoms with Gasteiger partial charge >= 0.3 is 6.09 Å². The second-order valence-corrected chi connectivity index (χ2v) is 6.18. The number of ether oxygens (including phenoxy) is 1. The van der Waals surface area contributed by atoms with Gasteiger partial charge in [0.2, 0.25) is 0 Å². The van der Waals surface area contributed by atoms with Crippen LogP contribution in [0.5, 0.6) is 0 Å². The zero-order chi connectivity index (χ0) is 13.8. The van der Waals surface area contributed by atoms with Crippen LogP contribution in [0.3, 0.4) is 0 Å². The fraction of sp³-hybridized carbons (Fsp3) is 0.692. The molecule has 0 aliphatic carbocycles. The van der Waals surface area contributed by atoms with Crippen LogP contribution in [-0.2, 0) is 4.74 Å². The van der Waals surface area contributed by atoms with Gasteiger partial charge in [0.1, 0.15) is 5.60 Å². The maximum Gasteiger partial charge on any atom is 0.434 e. The molecule has 4 nitrogen and oxygen atoms in total. The highest BCUT2D eigenvalue weighted by molar-refractivity contribution is 8.16. The molecular weight excluding hydrogens is 250 g/mol. The molecule has 0 fully saturated rings. The van der Waals surface area contributed by atoms with Crippen LogP contribution in [-0.4, -0.2) is 28.5 Å². The van der Waals surface area contributed by atoms with Crippen molar-refractivity contribution in [1.82, 2.24) is 0 Å². The van der Waals surface area contributed by atoms with Crippen LogP contribution in [0.1, 0.15) is 40.5 Å². The van der Waals surface area contributed by atoms with E-state index in [1.807, 2.05) is 26.2 Å². The highest BCUT2D eigenvalue weighted by Gasteiger charge is 2.23. The van der Waals surface area contributed by atoms with Gasteiger partial charge in [0.25, 0.3) is 0 Å². The molecular formula is C13H21NO3S. The minimum absolute atomic E-state index is 0.0726. The molecule has 0 spiro atoms. The Morgan fingerprint density at radius 2 is 2.28 bits per heavy atom. The van der Waals surface area contributed by atoms with Gasteiger partial charge in [-0.15, -0.1) is 0 Å². The SMILES string of the molecule is CCC1CC(CO)=CSC1=NC(=O)OC(C)(C)C. The molecule has 1 aliphatic rings. The molecule has 1 N–H and O–H groups in total. The fourth-order valence-corrected chi connectivity index (χ4v) is 2.63. The molecule has 102 valence electrons. The van der Waals surface area contributed by atoms with E-state index in [-0.39, 0.29) is 12.5 Å². The average Bonchev–Trinajstić information content (AvgIpc) is 2.27. The topological polar surface area (TPSA) is 58.9 Å². The molecule has 1 unspecified atom stereocenters. The number of rotatable bonds is 2. The number of aliphatic hydroxyl groups is 1. The highest BCUT2D eigenvalue weighted by atomic mass is 32.2. The predicted molar refractivity (Wildman–Crippen MR) is 74.8 cm³/mol. The summed E-state index contributed by atoms with van der Waals surface area (Å²) >= 11 is 1.41. The van der Waals surface area contributed by atoms with Crippen molar-refractivity contribution in [3.05, 3.63) is 11.0 Å². The minimum atomic E-state index is -0.538. The molecule has 0 radical (unpaired) electrons. The monoisotopic (exact) mass is 271 g/mol. The second kappa shape index (κ2) is 6.38. The first kappa shape index (κ1) is 15.2. The standard InChI is InChI=1S/C13H21NO3S/c1-5-10-6-9(7-15)8-18-11(10)14-12(16)17-13(2,3)4/h8,10,15H,5-7H2,1-4H3. The summed E-state index contributed by atoms with van der Waals surface area (Å²) in [5.41, 5.74) is 0.476. The molecule has 1 aliphatic heterocycles. The van der Waals surface area contributed by atoms with Crippen molar-refractivity contribution >= 4 is 22.9 Å². The van der Waals surface area contributed by atoms with E-state index in [4.69, 9.17) is 9.84 Å². The third kappa shape index (κ3) is 4.82. The summed E-state index contributed by atoms with van der Waals surface area (Å²) in [5, 5.41) is 11.8. The van der Waals surface area contributed by atoms with Gasteiger partial charge in [0.05, 0.1) is 11.7 Å². The summed E-state index contributed by atoms with van der Waals surface area (Å²) in [5.74, 6) is 0.203. The van der Waals surface area contributed by atoms with Crippen LogP contribution in [0.2, 0.25) is 0 Å². The normalized spacial score (nSPS) is 22.8. The number of hydrogen-bond donors (Lipinski definition) is 1. The molecule has 1 atom stereocenters. The van der Waals surface area contributed by atoms with Gasteiger partial charge in [-0.1, -0.05) is 18.7 Å². The Morgan fingerprint density at radius 3 is 2.78 bits per heavy atom. The van der Waals surface area contributed by atoms with E-state index in [1.165, 1.54) is 11.8 Å². The smallest absolute Gasteiger partial charge is 0.434 e. The molecule has 0 saturated heterocycles. The molecule has 1 rings (SSSR count). The number of aliphatic imine (C=N–C) groups is 1. The summed E-state index contributed by atoms with van der Waals surface area (Å²) in [4.78, 5) is 15.7. The molecule has 0 aromatic carbocycles. The van der Waals surface area contributed by atoms with E-state index in [1.54, 1.807) is 0 Å². The molecule has 1 heterocycles. The van der Waals surface area contributed by atoms with Crippen LogP contribution >= 0.6 is 11.8 Å². The zero-order valence-electron chi connectivity index (χ0n) is 11.4. The Balaban J connectivity index is 2.75. The van der Waals surface area contributed by atoms with Crippen molar-refractivity contribution in [2.75, 3.05) is 6.61 Å². The van der Waals surface area contributed by atoms with E-state index in [9.17, 15) is 4.79 Å². The van der Waals surface area contributed by atoms with Gasteiger partial charge in [-0.2, -0.15) is 4.99 Å². The summed E-state index contributed by atoms with van der Waals surface area (Å²) in [6.45, 7) is 7.58. The number of hydrogen-bond acceptors (Lipinski definition) is 4. The Kier molecular flexibility index (Phi) is 5.41. The van der Waals surface area contributed by atoms with Gasteiger partial charge in [-0.3, -0.25) is 0 Å². The van der Waals surface area contributed by atoms with Crippen LogP contribution in [0.4, 0.5) is 4.79 Å². The van der Waals surface area contributed by atoms with Gasteiger partial charge in [-0.05, 0) is 44.6 Å². The largest absolute Gasteiger partial charge is 0.442 e. The van der Waals surface area contributed by atoms with Crippen molar-refractivity contribution < 1.29 is 14.6 Å². The molecule has 0 saturated carbocycles. The zero-order valence-corrected chi connectivity index (χ0v) is 12.2. The molecule has 1 amide bonds. The van der Waals surface area contributed by atoms with Gasteiger partial charge < -0.3 is 9.84 Å². The quantitative estimate of drug-likeness (QED) is 0.836. The van der Waals surface area contributed by atoms with Crippen molar-refractivity contribution in [2.24, 2.45) is 10.9 Å². The Morgan fingerprint density at radius 1 is 1.61 bits per heavy atom. The van der Waals surface area contributed by atoms with Crippen LogP contribution in [0.25, 0.3) is 0 Å². The number of amides is 1. The van der Waals surface area contributed by atoms with Crippen LogP contribution in [0, 0.1) is 5.92 Å². The summed E-state index contributed by atoms with van der Waals surface area (Å²) in [6, 6.07) is 0. The van der Waals surface area contributed by atoms with Crippen molar-refractivity contribution in [1.29, 1.82) is 0 Å². The van der Waals surface area contributed by atoms with Crippen molar-refractivity contribution in [3.63, 3.8) is 0 Å². The van der Waals surface area contributed by atoms with Crippen LogP contribution in [0.15, 0.2) is 16.0 Å². The number of carbonyl (C=O) groups excluding carboxylic acids is 1. The van der Waals surface area contributed by atoms with Crippen LogP contribution < -0.4 is 0 Å². The predicted octanol–water partition coefficient (Wildman–Crippen LogP) is 3.36. The van der Waals surface area contributed by atoms with E-state index < -0.39 is 11.7 Å². The molecule has 5 heteroatoms. The van der Waals surface area contributed by atoms with E-state index >= 15 is 0 Å². The summed E-state index contributed by atoms with van der Waals surface area (Å²) in [6.07, 6.45) is 1.12. The maximum atomic E-state index is 11.6. The van der Waals surface area contributed by atoms with Crippen molar-refractivity contribution in [3.8, 4) is 0 Å². The summed E-state index contributed by atoms with van der Waals surface area (Å²) < 4.78 is 5.18. The number of carbonyl (C=O) groups is 1. The van der Waals surface area contributed by atoms with Crippen molar-refractivity contribution in [2.45, 2.75) is 46.1 Å². The Labute approximate surface area is 113 Å². The number of aliphatic hydroxyl groups excluding tert-OH is 1. The number of thioether (sulfide) groups is 1. The molecule has 18 heavy (non-hydrogen) atoms. The third-order valence-electron chi connectivity index (χ3n) is 2.50. The second-order valence-electron chi connectivity index (χ2n) is 5.29. The fourth-order valence-electron chi connectivity index (χ4n) is 1.60. The van der Waals surface area contributed by atoms with E-state index in [0.29, 0.717) is 0 Å². The number of nitrogens with zero attached hydrogens (tertiary/aromatic N) is 1. The third-order valence-corrected chi connectivity index (χ3v) is 3.61.